The highest BCUT2D eigenvalue weighted by atomic mass is 16.6. The highest BCUT2D eigenvalue weighted by Crippen LogP contribution is 2.35. The van der Waals surface area contributed by atoms with E-state index in [1.54, 1.807) is 0 Å². The number of aliphatic hydroxyl groups excluding tert-OH is 1. The molecule has 0 bridgehead atoms. The van der Waals surface area contributed by atoms with Gasteiger partial charge in [-0.2, -0.15) is 0 Å². The molecule has 2 heteroatoms. The molecule has 1 aliphatic rings. The molecule has 2 nitrogen and oxygen atoms in total. The van der Waals surface area contributed by atoms with Gasteiger partial charge >= 0.3 is 0 Å². The highest BCUT2D eigenvalue weighted by molar-refractivity contribution is 5.26. The molecule has 1 fully saturated rings. The van der Waals surface area contributed by atoms with Crippen LogP contribution in [0.4, 0.5) is 0 Å². The van der Waals surface area contributed by atoms with E-state index in [1.807, 2.05) is 6.08 Å². The fourth-order valence-electron chi connectivity index (χ4n) is 2.42. The lowest BCUT2D eigenvalue weighted by molar-refractivity contribution is 0.177. The monoisotopic (exact) mass is 304 g/mol. The fourth-order valence-corrected chi connectivity index (χ4v) is 2.42. The van der Waals surface area contributed by atoms with Crippen molar-refractivity contribution in [1.29, 1.82) is 0 Å². The van der Waals surface area contributed by atoms with Gasteiger partial charge in [0.05, 0.1) is 0 Å². The molecule has 0 aromatic heterocycles. The lowest BCUT2D eigenvalue weighted by atomic mass is 10.0. The lowest BCUT2D eigenvalue weighted by Gasteiger charge is -2.03. The van der Waals surface area contributed by atoms with Crippen molar-refractivity contribution in [3.63, 3.8) is 0 Å². The van der Waals surface area contributed by atoms with Crippen LogP contribution < -0.4 is 0 Å². The third-order valence-electron chi connectivity index (χ3n) is 3.80. The van der Waals surface area contributed by atoms with E-state index in [2.05, 4.69) is 53.7 Å². The molecular weight excluding hydrogens is 272 g/mol. The van der Waals surface area contributed by atoms with Crippen LogP contribution in [0.25, 0.3) is 0 Å². The average Bonchev–Trinajstić information content (AvgIpc) is 3.17. The Balaban J connectivity index is 2.46. The summed E-state index contributed by atoms with van der Waals surface area (Å²) in [6, 6.07) is 0. The summed E-state index contributed by atoms with van der Waals surface area (Å²) >= 11 is 0. The summed E-state index contributed by atoms with van der Waals surface area (Å²) in [5.74, 6) is 0.989. The Morgan fingerprint density at radius 1 is 1.00 bits per heavy atom. The van der Waals surface area contributed by atoms with Crippen molar-refractivity contribution in [2.24, 2.45) is 0 Å². The van der Waals surface area contributed by atoms with Gasteiger partial charge in [0.15, 0.2) is 6.10 Å². The van der Waals surface area contributed by atoms with E-state index in [9.17, 15) is 5.11 Å². The second-order valence-corrected chi connectivity index (χ2v) is 6.83. The first-order valence-corrected chi connectivity index (χ1v) is 8.29. The van der Waals surface area contributed by atoms with Crippen molar-refractivity contribution >= 4 is 0 Å². The molecule has 0 saturated carbocycles. The third kappa shape index (κ3) is 7.13. The molecule has 22 heavy (non-hydrogen) atoms. The van der Waals surface area contributed by atoms with Gasteiger partial charge in [0.25, 0.3) is 0 Å². The Labute approximate surface area is 136 Å². The Hall–Kier alpha value is -1.28. The largest absolute Gasteiger partial charge is 0.480 e. The molecule has 1 saturated heterocycles. The van der Waals surface area contributed by atoms with Gasteiger partial charge in [-0.05, 0) is 72.8 Å². The first-order valence-electron chi connectivity index (χ1n) is 8.29. The molecule has 2 unspecified atom stereocenters. The van der Waals surface area contributed by atoms with E-state index in [4.69, 9.17) is 4.74 Å². The Morgan fingerprint density at radius 3 is 2.09 bits per heavy atom. The van der Waals surface area contributed by atoms with Gasteiger partial charge in [-0.25, -0.2) is 0 Å². The van der Waals surface area contributed by atoms with E-state index in [0.29, 0.717) is 0 Å². The van der Waals surface area contributed by atoms with Gasteiger partial charge in [-0.1, -0.05) is 34.9 Å². The smallest absolute Gasteiger partial charge is 0.184 e. The molecule has 2 atom stereocenters. The summed E-state index contributed by atoms with van der Waals surface area (Å²) < 4.78 is 5.59. The number of ether oxygens (including phenoxy) is 1. The summed E-state index contributed by atoms with van der Waals surface area (Å²) in [4.78, 5) is 0. The van der Waals surface area contributed by atoms with E-state index < -0.39 is 6.10 Å². The molecule has 0 amide bonds. The maximum atomic E-state index is 10.2. The van der Waals surface area contributed by atoms with Crippen molar-refractivity contribution in [1.82, 2.24) is 0 Å². The molecule has 1 rings (SSSR count). The summed E-state index contributed by atoms with van der Waals surface area (Å²) in [7, 11) is 0. The predicted molar refractivity (Wildman–Crippen MR) is 94.7 cm³/mol. The number of aliphatic hydroxyl groups is 1. The van der Waals surface area contributed by atoms with Gasteiger partial charge < -0.3 is 9.84 Å². The number of hydrogen-bond acceptors (Lipinski definition) is 2. The molecule has 1 N–H and O–H groups in total. The zero-order chi connectivity index (χ0) is 16.7. The van der Waals surface area contributed by atoms with Crippen LogP contribution in [-0.2, 0) is 4.74 Å². The molecule has 1 heterocycles. The van der Waals surface area contributed by atoms with Gasteiger partial charge in [0.2, 0.25) is 0 Å². The summed E-state index contributed by atoms with van der Waals surface area (Å²) in [5, 5.41) is 10.2. The molecule has 0 aromatic rings. The fraction of sp³-hybridized carbons (Fsp3) is 0.600. The highest BCUT2D eigenvalue weighted by Gasteiger charge is 2.39. The third-order valence-corrected chi connectivity index (χ3v) is 3.80. The maximum absolute atomic E-state index is 10.2. The molecular formula is C20H32O2. The molecule has 124 valence electrons. The minimum atomic E-state index is -0.514. The van der Waals surface area contributed by atoms with Crippen LogP contribution in [0.1, 0.15) is 67.2 Å². The van der Waals surface area contributed by atoms with Crippen LogP contribution in [-0.4, -0.2) is 17.3 Å². The van der Waals surface area contributed by atoms with Crippen LogP contribution in [0.15, 0.2) is 46.3 Å². The van der Waals surface area contributed by atoms with Gasteiger partial charge in [-0.3, -0.25) is 0 Å². The standard InChI is InChI=1S/C20H32O2/c1-14(2)9-7-11-16(5)13-18(21)20-19(22-20)17(6)12-8-10-15(3)4/h9-10,13,18,20-21H,7-8,11-12H2,1-6H3/b16-13+,19-17-. The zero-order valence-electron chi connectivity index (χ0n) is 15.1. The summed E-state index contributed by atoms with van der Waals surface area (Å²) in [5.41, 5.74) is 5.18. The molecule has 0 radical (unpaired) electrons. The molecule has 0 spiro atoms. The SMILES string of the molecule is CC(C)=CCC/C(C)=C1\OC1C(O)/C=C(\C)CCC=C(C)C. The first kappa shape index (κ1) is 18.8. The van der Waals surface area contributed by atoms with Crippen molar-refractivity contribution in [3.8, 4) is 0 Å². The van der Waals surface area contributed by atoms with E-state index >= 15 is 0 Å². The normalized spacial score (nSPS) is 20.9. The van der Waals surface area contributed by atoms with Crippen LogP contribution in [0.3, 0.4) is 0 Å². The second kappa shape index (κ2) is 8.99. The number of hydrogen-bond donors (Lipinski definition) is 1. The Morgan fingerprint density at radius 2 is 1.55 bits per heavy atom. The van der Waals surface area contributed by atoms with Crippen LogP contribution in [0, 0.1) is 0 Å². The predicted octanol–water partition coefficient (Wildman–Crippen LogP) is 5.46. The Kier molecular flexibility index (Phi) is 7.67. The topological polar surface area (TPSA) is 32.8 Å². The number of epoxide rings is 1. The quantitative estimate of drug-likeness (QED) is 0.477. The minimum absolute atomic E-state index is 0.120. The molecule has 0 aliphatic carbocycles. The van der Waals surface area contributed by atoms with Gasteiger partial charge in [0.1, 0.15) is 11.9 Å². The van der Waals surface area contributed by atoms with Crippen molar-refractivity contribution < 1.29 is 9.84 Å². The minimum Gasteiger partial charge on any atom is -0.480 e. The maximum Gasteiger partial charge on any atom is 0.184 e. The zero-order valence-corrected chi connectivity index (χ0v) is 15.1. The number of allylic oxidation sites excluding steroid dienone is 6. The second-order valence-electron chi connectivity index (χ2n) is 6.83. The van der Waals surface area contributed by atoms with Crippen LogP contribution >= 0.6 is 0 Å². The molecule has 1 aliphatic heterocycles. The van der Waals surface area contributed by atoms with Crippen LogP contribution in [0.5, 0.6) is 0 Å². The van der Waals surface area contributed by atoms with Gasteiger partial charge in [-0.15, -0.1) is 0 Å². The average molecular weight is 304 g/mol. The first-order chi connectivity index (χ1) is 10.3. The van der Waals surface area contributed by atoms with E-state index in [-0.39, 0.29) is 6.10 Å². The van der Waals surface area contributed by atoms with Crippen molar-refractivity contribution in [2.45, 2.75) is 79.4 Å². The Bertz CT molecular complexity index is 484. The van der Waals surface area contributed by atoms with E-state index in [0.717, 1.165) is 31.4 Å². The summed E-state index contributed by atoms with van der Waals surface area (Å²) in [6.45, 7) is 12.6. The summed E-state index contributed by atoms with van der Waals surface area (Å²) in [6.07, 6.45) is 9.86. The van der Waals surface area contributed by atoms with E-state index in [1.165, 1.54) is 22.3 Å². The van der Waals surface area contributed by atoms with Gasteiger partial charge in [0, 0.05) is 0 Å². The van der Waals surface area contributed by atoms with Crippen molar-refractivity contribution in [2.75, 3.05) is 0 Å². The van der Waals surface area contributed by atoms with Crippen LogP contribution in [0.2, 0.25) is 0 Å². The molecule has 0 aromatic carbocycles. The lowest BCUT2D eigenvalue weighted by Crippen LogP contribution is -2.11. The van der Waals surface area contributed by atoms with Crippen molar-refractivity contribution in [3.05, 3.63) is 46.3 Å². The number of rotatable bonds is 8.